The molecule has 1 saturated carbocycles. The second-order valence-electron chi connectivity index (χ2n) is 6.63. The minimum absolute atomic E-state index is 0.182. The summed E-state index contributed by atoms with van der Waals surface area (Å²) in [5, 5.41) is 0.182. The van der Waals surface area contributed by atoms with E-state index in [-0.39, 0.29) is 10.8 Å². The van der Waals surface area contributed by atoms with Gasteiger partial charge < -0.3 is 4.90 Å². The molecule has 0 N–H and O–H groups in total. The van der Waals surface area contributed by atoms with Gasteiger partial charge in [-0.1, -0.05) is 17.7 Å². The first-order chi connectivity index (χ1) is 11.7. The highest BCUT2D eigenvalue weighted by atomic mass is 35.5. The number of hydrogen-bond acceptors (Lipinski definition) is 4. The van der Waals surface area contributed by atoms with Crippen LogP contribution in [0.3, 0.4) is 0 Å². The van der Waals surface area contributed by atoms with Gasteiger partial charge in [-0.2, -0.15) is 0 Å². The van der Waals surface area contributed by atoms with Gasteiger partial charge in [0.1, 0.15) is 18.0 Å². The molecule has 2 aromatic rings. The van der Waals surface area contributed by atoms with Gasteiger partial charge in [-0.15, -0.1) is 0 Å². The van der Waals surface area contributed by atoms with E-state index in [9.17, 15) is 4.39 Å². The summed E-state index contributed by atoms with van der Waals surface area (Å²) in [6.45, 7) is 2.75. The molecule has 1 aliphatic heterocycles. The lowest BCUT2D eigenvalue weighted by Gasteiger charge is -2.30. The van der Waals surface area contributed by atoms with Crippen molar-refractivity contribution in [3.05, 3.63) is 53.2 Å². The van der Waals surface area contributed by atoms with E-state index in [4.69, 9.17) is 11.6 Å². The third-order valence-electron chi connectivity index (χ3n) is 4.80. The molecule has 0 radical (unpaired) electrons. The standard InChI is InChI=1S/C18H20ClFN4/c19-16-4-1-13(9-17(16)20)10-23-8-6-15(11-23)24(14-2-3-14)18-5-7-21-12-22-18/h1,4-5,7,9,12,14-15H,2-3,6,8,10-11H2. The maximum absolute atomic E-state index is 13.6. The van der Waals surface area contributed by atoms with Crippen molar-refractivity contribution in [3.8, 4) is 0 Å². The number of rotatable bonds is 5. The van der Waals surface area contributed by atoms with E-state index in [1.54, 1.807) is 24.7 Å². The van der Waals surface area contributed by atoms with Crippen molar-refractivity contribution in [2.45, 2.75) is 37.9 Å². The van der Waals surface area contributed by atoms with E-state index < -0.39 is 0 Å². The van der Waals surface area contributed by atoms with Crippen LogP contribution in [0.25, 0.3) is 0 Å². The van der Waals surface area contributed by atoms with Crippen molar-refractivity contribution in [1.82, 2.24) is 14.9 Å². The number of anilines is 1. The Labute approximate surface area is 146 Å². The van der Waals surface area contributed by atoms with Crippen molar-refractivity contribution < 1.29 is 4.39 Å². The summed E-state index contributed by atoms with van der Waals surface area (Å²) in [4.78, 5) is 13.3. The lowest BCUT2D eigenvalue weighted by molar-refractivity contribution is 0.324. The average Bonchev–Trinajstić information content (AvgIpc) is 3.32. The fraction of sp³-hybridized carbons (Fsp3) is 0.444. The van der Waals surface area contributed by atoms with Gasteiger partial charge in [-0.05, 0) is 43.0 Å². The molecule has 0 amide bonds. The summed E-state index contributed by atoms with van der Waals surface area (Å²) in [5.41, 5.74) is 0.970. The predicted octanol–water partition coefficient (Wildman–Crippen LogP) is 3.51. The molecule has 0 spiro atoms. The average molecular weight is 347 g/mol. The van der Waals surface area contributed by atoms with E-state index in [1.165, 1.54) is 12.8 Å². The Kier molecular flexibility index (Phi) is 4.37. The summed E-state index contributed by atoms with van der Waals surface area (Å²) < 4.78 is 13.6. The lowest BCUT2D eigenvalue weighted by Crippen LogP contribution is -2.39. The number of halogens is 2. The van der Waals surface area contributed by atoms with Crippen LogP contribution in [0.1, 0.15) is 24.8 Å². The predicted molar refractivity (Wildman–Crippen MR) is 92.6 cm³/mol. The second kappa shape index (κ2) is 6.65. The summed E-state index contributed by atoms with van der Waals surface area (Å²) in [7, 11) is 0. The van der Waals surface area contributed by atoms with Gasteiger partial charge in [0.15, 0.2) is 0 Å². The first-order valence-corrected chi connectivity index (χ1v) is 8.79. The zero-order valence-electron chi connectivity index (χ0n) is 13.4. The monoisotopic (exact) mass is 346 g/mol. The SMILES string of the molecule is Fc1cc(CN2CCC(N(c3ccncn3)C3CC3)C2)ccc1Cl. The van der Waals surface area contributed by atoms with Gasteiger partial charge in [0, 0.05) is 37.9 Å². The Morgan fingerprint density at radius 1 is 1.21 bits per heavy atom. The fourth-order valence-electron chi connectivity index (χ4n) is 3.54. The van der Waals surface area contributed by atoms with E-state index in [0.29, 0.717) is 12.1 Å². The van der Waals surface area contributed by atoms with Gasteiger partial charge in [-0.3, -0.25) is 4.90 Å². The maximum atomic E-state index is 13.6. The molecule has 1 aromatic carbocycles. The normalized spacial score (nSPS) is 21.2. The van der Waals surface area contributed by atoms with Crippen LogP contribution in [0.4, 0.5) is 10.2 Å². The molecule has 1 aromatic heterocycles. The van der Waals surface area contributed by atoms with Gasteiger partial charge >= 0.3 is 0 Å². The Bertz CT molecular complexity index is 707. The molecule has 6 heteroatoms. The molecule has 1 unspecified atom stereocenters. The molecule has 126 valence electrons. The first-order valence-electron chi connectivity index (χ1n) is 8.41. The Balaban J connectivity index is 1.44. The van der Waals surface area contributed by atoms with Gasteiger partial charge in [0.2, 0.25) is 0 Å². The van der Waals surface area contributed by atoms with Crippen LogP contribution in [0, 0.1) is 5.82 Å². The van der Waals surface area contributed by atoms with Gasteiger partial charge in [-0.25, -0.2) is 14.4 Å². The van der Waals surface area contributed by atoms with E-state index in [0.717, 1.165) is 37.4 Å². The molecule has 2 heterocycles. The molecule has 2 fully saturated rings. The number of nitrogens with zero attached hydrogens (tertiary/aromatic N) is 4. The fourth-order valence-corrected chi connectivity index (χ4v) is 3.66. The van der Waals surface area contributed by atoms with Gasteiger partial charge in [0.05, 0.1) is 5.02 Å². The van der Waals surface area contributed by atoms with Crippen LogP contribution in [-0.4, -0.2) is 40.0 Å². The zero-order valence-corrected chi connectivity index (χ0v) is 14.2. The molecular weight excluding hydrogens is 327 g/mol. The van der Waals surface area contributed by atoms with Crippen molar-refractivity contribution in [3.63, 3.8) is 0 Å². The number of likely N-dealkylation sites (tertiary alicyclic amines) is 1. The highest BCUT2D eigenvalue weighted by molar-refractivity contribution is 6.30. The van der Waals surface area contributed by atoms with Crippen LogP contribution >= 0.6 is 11.6 Å². The third kappa shape index (κ3) is 3.37. The van der Waals surface area contributed by atoms with Crippen molar-refractivity contribution in [1.29, 1.82) is 0 Å². The van der Waals surface area contributed by atoms with Crippen LogP contribution in [0.5, 0.6) is 0 Å². The Morgan fingerprint density at radius 2 is 2.08 bits per heavy atom. The maximum Gasteiger partial charge on any atom is 0.142 e. The second-order valence-corrected chi connectivity index (χ2v) is 7.04. The quantitative estimate of drug-likeness (QED) is 0.829. The molecule has 24 heavy (non-hydrogen) atoms. The number of benzene rings is 1. The molecule has 4 rings (SSSR count). The molecule has 0 bridgehead atoms. The summed E-state index contributed by atoms with van der Waals surface area (Å²) in [5.74, 6) is 0.683. The highest BCUT2D eigenvalue weighted by Crippen LogP contribution is 2.35. The van der Waals surface area contributed by atoms with E-state index in [1.807, 2.05) is 12.1 Å². The topological polar surface area (TPSA) is 32.3 Å². The lowest BCUT2D eigenvalue weighted by atomic mass is 10.2. The molecule has 2 aliphatic rings. The minimum atomic E-state index is -0.342. The summed E-state index contributed by atoms with van der Waals surface area (Å²) in [6.07, 6.45) is 7.01. The van der Waals surface area contributed by atoms with Crippen molar-refractivity contribution in [2.24, 2.45) is 0 Å². The zero-order chi connectivity index (χ0) is 16.5. The first kappa shape index (κ1) is 15.8. The molecule has 4 nitrogen and oxygen atoms in total. The molecule has 1 saturated heterocycles. The summed E-state index contributed by atoms with van der Waals surface area (Å²) >= 11 is 5.76. The number of hydrogen-bond donors (Lipinski definition) is 0. The van der Waals surface area contributed by atoms with Crippen LogP contribution in [0.2, 0.25) is 5.02 Å². The van der Waals surface area contributed by atoms with E-state index >= 15 is 0 Å². The highest BCUT2D eigenvalue weighted by Gasteiger charge is 2.37. The Hall–Kier alpha value is -1.72. The number of aromatic nitrogens is 2. The smallest absolute Gasteiger partial charge is 0.142 e. The molecular formula is C18H20ClFN4. The summed E-state index contributed by atoms with van der Waals surface area (Å²) in [6, 6.07) is 8.15. The van der Waals surface area contributed by atoms with Crippen LogP contribution in [0.15, 0.2) is 36.8 Å². The van der Waals surface area contributed by atoms with Crippen molar-refractivity contribution in [2.75, 3.05) is 18.0 Å². The third-order valence-corrected chi connectivity index (χ3v) is 5.11. The Morgan fingerprint density at radius 3 is 2.79 bits per heavy atom. The molecule has 1 atom stereocenters. The van der Waals surface area contributed by atoms with Crippen LogP contribution in [-0.2, 0) is 6.54 Å². The van der Waals surface area contributed by atoms with Gasteiger partial charge in [0.25, 0.3) is 0 Å². The minimum Gasteiger partial charge on any atom is -0.349 e. The van der Waals surface area contributed by atoms with E-state index in [2.05, 4.69) is 19.8 Å². The van der Waals surface area contributed by atoms with Crippen LogP contribution < -0.4 is 4.90 Å². The van der Waals surface area contributed by atoms with Crippen molar-refractivity contribution >= 4 is 17.4 Å². The molecule has 1 aliphatic carbocycles. The largest absolute Gasteiger partial charge is 0.349 e.